The van der Waals surface area contributed by atoms with Gasteiger partial charge >= 0.3 is 0 Å². The standard InChI is InChI=1S/C19H23N5OS2/c1-12(2)24-11-20-23-19(24)26-10-17(25)22-18-21-14(4)16(27-18)9-15-7-5-13(3)6-8-15/h5-8,11-12H,9-10H2,1-4H3,(H,21,22,25). The Kier molecular flexibility index (Phi) is 6.28. The molecule has 0 radical (unpaired) electrons. The molecule has 142 valence electrons. The van der Waals surface area contributed by atoms with Crippen LogP contribution < -0.4 is 5.32 Å². The number of rotatable bonds is 7. The topological polar surface area (TPSA) is 72.7 Å². The SMILES string of the molecule is Cc1ccc(Cc2sc(NC(=O)CSc3nncn3C(C)C)nc2C)cc1. The molecule has 0 aliphatic carbocycles. The second-order valence-electron chi connectivity index (χ2n) is 6.64. The summed E-state index contributed by atoms with van der Waals surface area (Å²) in [7, 11) is 0. The van der Waals surface area contributed by atoms with Crippen LogP contribution in [-0.4, -0.2) is 31.4 Å². The number of thiazole rings is 1. The molecule has 3 rings (SSSR count). The molecule has 0 atom stereocenters. The van der Waals surface area contributed by atoms with Gasteiger partial charge in [0.05, 0.1) is 11.4 Å². The highest BCUT2D eigenvalue weighted by atomic mass is 32.2. The van der Waals surface area contributed by atoms with Gasteiger partial charge in [0.1, 0.15) is 6.33 Å². The highest BCUT2D eigenvalue weighted by Crippen LogP contribution is 2.26. The third-order valence-corrected chi connectivity index (χ3v) is 6.08. The normalized spacial score (nSPS) is 11.1. The molecule has 2 heterocycles. The van der Waals surface area contributed by atoms with E-state index in [9.17, 15) is 4.79 Å². The summed E-state index contributed by atoms with van der Waals surface area (Å²) in [6.07, 6.45) is 2.51. The van der Waals surface area contributed by atoms with Gasteiger partial charge in [-0.2, -0.15) is 0 Å². The monoisotopic (exact) mass is 401 g/mol. The number of thioether (sulfide) groups is 1. The molecule has 0 aliphatic rings. The number of hydrogen-bond acceptors (Lipinski definition) is 6. The number of benzene rings is 1. The lowest BCUT2D eigenvalue weighted by atomic mass is 10.1. The van der Waals surface area contributed by atoms with Crippen molar-refractivity contribution in [2.75, 3.05) is 11.1 Å². The van der Waals surface area contributed by atoms with Crippen LogP contribution in [0.2, 0.25) is 0 Å². The van der Waals surface area contributed by atoms with Gasteiger partial charge in [-0.15, -0.1) is 21.5 Å². The summed E-state index contributed by atoms with van der Waals surface area (Å²) in [6, 6.07) is 8.75. The van der Waals surface area contributed by atoms with Gasteiger partial charge in [-0.1, -0.05) is 41.6 Å². The van der Waals surface area contributed by atoms with Crippen molar-refractivity contribution >= 4 is 34.1 Å². The highest BCUT2D eigenvalue weighted by Gasteiger charge is 2.14. The molecule has 0 spiro atoms. The summed E-state index contributed by atoms with van der Waals surface area (Å²) >= 11 is 2.91. The van der Waals surface area contributed by atoms with Crippen molar-refractivity contribution < 1.29 is 4.79 Å². The van der Waals surface area contributed by atoms with Gasteiger partial charge in [-0.25, -0.2) is 4.98 Å². The predicted molar refractivity (Wildman–Crippen MR) is 111 cm³/mol. The minimum absolute atomic E-state index is 0.0889. The number of carbonyl (C=O) groups is 1. The minimum Gasteiger partial charge on any atom is -0.306 e. The molecule has 0 saturated heterocycles. The number of anilines is 1. The first-order valence-corrected chi connectivity index (χ1v) is 10.6. The Labute approximate surface area is 167 Å². The Balaban J connectivity index is 1.58. The molecule has 0 saturated carbocycles. The van der Waals surface area contributed by atoms with Crippen molar-refractivity contribution in [2.24, 2.45) is 0 Å². The van der Waals surface area contributed by atoms with Crippen LogP contribution in [0.15, 0.2) is 35.7 Å². The molecule has 1 N–H and O–H groups in total. The van der Waals surface area contributed by atoms with Crippen LogP contribution in [0, 0.1) is 13.8 Å². The summed E-state index contributed by atoms with van der Waals surface area (Å²) in [6.45, 7) is 8.18. The van der Waals surface area contributed by atoms with Crippen molar-refractivity contribution in [3.63, 3.8) is 0 Å². The maximum absolute atomic E-state index is 12.3. The van der Waals surface area contributed by atoms with E-state index < -0.39 is 0 Å². The lowest BCUT2D eigenvalue weighted by Crippen LogP contribution is -2.14. The van der Waals surface area contributed by atoms with E-state index in [1.807, 2.05) is 11.5 Å². The zero-order chi connectivity index (χ0) is 19.4. The van der Waals surface area contributed by atoms with Crippen molar-refractivity contribution in [1.29, 1.82) is 0 Å². The van der Waals surface area contributed by atoms with Crippen molar-refractivity contribution in [2.45, 2.75) is 45.3 Å². The molecule has 2 aromatic heterocycles. The number of nitrogens with zero attached hydrogens (tertiary/aromatic N) is 4. The fourth-order valence-electron chi connectivity index (χ4n) is 2.51. The van der Waals surface area contributed by atoms with E-state index in [4.69, 9.17) is 0 Å². The Morgan fingerprint density at radius 2 is 2.00 bits per heavy atom. The first-order chi connectivity index (χ1) is 12.9. The summed E-state index contributed by atoms with van der Waals surface area (Å²) < 4.78 is 1.95. The summed E-state index contributed by atoms with van der Waals surface area (Å²) in [5.74, 6) is 0.186. The van der Waals surface area contributed by atoms with Gasteiger partial charge in [0.2, 0.25) is 5.91 Å². The minimum atomic E-state index is -0.0889. The summed E-state index contributed by atoms with van der Waals surface area (Å²) in [4.78, 5) is 17.9. The van der Waals surface area contributed by atoms with Gasteiger partial charge in [0.25, 0.3) is 0 Å². The number of carbonyl (C=O) groups excluding carboxylic acids is 1. The molecule has 1 amide bonds. The molecule has 0 unspecified atom stereocenters. The largest absolute Gasteiger partial charge is 0.306 e. The second-order valence-corrected chi connectivity index (χ2v) is 8.67. The molecule has 0 bridgehead atoms. The van der Waals surface area contributed by atoms with E-state index >= 15 is 0 Å². The lowest BCUT2D eigenvalue weighted by Gasteiger charge is -2.08. The van der Waals surface area contributed by atoms with Crippen LogP contribution in [0.1, 0.15) is 41.6 Å². The number of nitrogens with one attached hydrogen (secondary N) is 1. The van der Waals surface area contributed by atoms with Gasteiger partial charge < -0.3 is 9.88 Å². The molecule has 6 nitrogen and oxygen atoms in total. The first-order valence-electron chi connectivity index (χ1n) is 8.76. The van der Waals surface area contributed by atoms with Crippen molar-refractivity contribution in [3.8, 4) is 0 Å². The Bertz CT molecular complexity index is 915. The zero-order valence-electron chi connectivity index (χ0n) is 15.9. The highest BCUT2D eigenvalue weighted by molar-refractivity contribution is 7.99. The third-order valence-electron chi connectivity index (χ3n) is 4.05. The van der Waals surface area contributed by atoms with Gasteiger partial charge in [-0.3, -0.25) is 4.79 Å². The number of amides is 1. The fraction of sp³-hybridized carbons (Fsp3) is 0.368. The number of aromatic nitrogens is 4. The molecule has 27 heavy (non-hydrogen) atoms. The molecule has 0 aliphatic heterocycles. The molecule has 3 aromatic rings. The van der Waals surface area contributed by atoms with Crippen LogP contribution >= 0.6 is 23.1 Å². The average molecular weight is 402 g/mol. The summed E-state index contributed by atoms with van der Waals surface area (Å²) in [5, 5.41) is 12.3. The van der Waals surface area contributed by atoms with Gasteiger partial charge in [0, 0.05) is 17.3 Å². The molecule has 1 aromatic carbocycles. The fourth-order valence-corrected chi connectivity index (χ4v) is 4.37. The van der Waals surface area contributed by atoms with Crippen LogP contribution in [0.5, 0.6) is 0 Å². The van der Waals surface area contributed by atoms with E-state index in [2.05, 4.69) is 65.5 Å². The van der Waals surface area contributed by atoms with Crippen LogP contribution in [0.4, 0.5) is 5.13 Å². The molecular weight excluding hydrogens is 378 g/mol. The molecule has 0 fully saturated rings. The van der Waals surface area contributed by atoms with E-state index in [0.717, 1.165) is 17.3 Å². The number of aryl methyl sites for hydroxylation is 2. The lowest BCUT2D eigenvalue weighted by molar-refractivity contribution is -0.113. The van der Waals surface area contributed by atoms with E-state index in [1.165, 1.54) is 39.1 Å². The Morgan fingerprint density at radius 1 is 1.26 bits per heavy atom. The quantitative estimate of drug-likeness (QED) is 0.599. The molecular formula is C19H23N5OS2. The van der Waals surface area contributed by atoms with Crippen LogP contribution in [-0.2, 0) is 11.2 Å². The second kappa shape index (κ2) is 8.67. The maximum Gasteiger partial charge on any atom is 0.236 e. The Hall–Kier alpha value is -2.19. The third kappa shape index (κ3) is 5.17. The van der Waals surface area contributed by atoms with Crippen molar-refractivity contribution in [3.05, 3.63) is 52.3 Å². The summed E-state index contributed by atoms with van der Waals surface area (Å²) in [5.41, 5.74) is 3.45. The van der Waals surface area contributed by atoms with Crippen LogP contribution in [0.3, 0.4) is 0 Å². The predicted octanol–water partition coefficient (Wildman–Crippen LogP) is 4.25. The van der Waals surface area contributed by atoms with Crippen molar-refractivity contribution in [1.82, 2.24) is 19.7 Å². The smallest absolute Gasteiger partial charge is 0.236 e. The van der Waals surface area contributed by atoms with Gasteiger partial charge in [-0.05, 0) is 33.3 Å². The zero-order valence-corrected chi connectivity index (χ0v) is 17.5. The van der Waals surface area contributed by atoms with Gasteiger partial charge in [0.15, 0.2) is 10.3 Å². The van der Waals surface area contributed by atoms with E-state index in [0.29, 0.717) is 5.13 Å². The first kappa shape index (κ1) is 19.6. The molecule has 8 heteroatoms. The van der Waals surface area contributed by atoms with E-state index in [1.54, 1.807) is 6.33 Å². The number of hydrogen-bond donors (Lipinski definition) is 1. The average Bonchev–Trinajstić information content (AvgIpc) is 3.22. The van der Waals surface area contributed by atoms with Crippen LogP contribution in [0.25, 0.3) is 0 Å². The maximum atomic E-state index is 12.3. The Morgan fingerprint density at radius 3 is 2.70 bits per heavy atom. The van der Waals surface area contributed by atoms with E-state index in [-0.39, 0.29) is 17.7 Å².